The number of carbonyl (C=O) groups is 3. The second-order valence-corrected chi connectivity index (χ2v) is 7.01. The molecule has 0 fully saturated rings. The van der Waals surface area contributed by atoms with Crippen molar-refractivity contribution >= 4 is 39.9 Å². The maximum atomic E-state index is 13.2. The van der Waals surface area contributed by atoms with Crippen molar-refractivity contribution in [1.29, 1.82) is 0 Å². The maximum Gasteiger partial charge on any atom is 0.251 e. The lowest BCUT2D eigenvalue weighted by Gasteiger charge is -2.05. The Labute approximate surface area is 174 Å². The van der Waals surface area contributed by atoms with Crippen LogP contribution in [0.25, 0.3) is 11.3 Å². The molecule has 0 aliphatic carbocycles. The van der Waals surface area contributed by atoms with Crippen molar-refractivity contribution in [2.45, 2.75) is 6.92 Å². The number of hydrogen-bond donors (Lipinski definition) is 3. The third-order valence-corrected chi connectivity index (χ3v) is 4.60. The second-order valence-electron chi connectivity index (χ2n) is 6.16. The fourth-order valence-corrected chi connectivity index (χ4v) is 3.19. The molecule has 0 saturated heterocycles. The largest absolute Gasteiger partial charge is 0.343 e. The number of nitrogens with one attached hydrogen (secondary N) is 3. The topological polar surface area (TPSA) is 100 Å². The zero-order valence-corrected chi connectivity index (χ0v) is 16.5. The maximum absolute atomic E-state index is 13.2. The molecule has 1 aromatic heterocycles. The van der Waals surface area contributed by atoms with E-state index in [0.29, 0.717) is 16.5 Å². The number of anilines is 2. The molecular formula is C20H16F2N4O3S. The van der Waals surface area contributed by atoms with Crippen molar-refractivity contribution in [1.82, 2.24) is 10.3 Å². The zero-order valence-electron chi connectivity index (χ0n) is 15.7. The van der Waals surface area contributed by atoms with E-state index in [4.69, 9.17) is 0 Å². The predicted molar refractivity (Wildman–Crippen MR) is 109 cm³/mol. The van der Waals surface area contributed by atoms with Gasteiger partial charge >= 0.3 is 0 Å². The Balaban J connectivity index is 1.55. The van der Waals surface area contributed by atoms with Crippen LogP contribution in [0.3, 0.4) is 0 Å². The van der Waals surface area contributed by atoms with Gasteiger partial charge in [0.15, 0.2) is 16.8 Å². The van der Waals surface area contributed by atoms with Gasteiger partial charge in [-0.2, -0.15) is 0 Å². The van der Waals surface area contributed by atoms with E-state index in [2.05, 4.69) is 20.9 Å². The van der Waals surface area contributed by atoms with Crippen molar-refractivity contribution in [3.8, 4) is 11.3 Å². The van der Waals surface area contributed by atoms with Gasteiger partial charge in [-0.25, -0.2) is 13.8 Å². The Hall–Kier alpha value is -3.66. The molecule has 0 atom stereocenters. The van der Waals surface area contributed by atoms with Crippen molar-refractivity contribution in [2.75, 3.05) is 17.2 Å². The lowest BCUT2D eigenvalue weighted by atomic mass is 10.1. The number of hydrogen-bond acceptors (Lipinski definition) is 5. The number of aromatic nitrogens is 1. The van der Waals surface area contributed by atoms with Gasteiger partial charge in [-0.3, -0.25) is 14.4 Å². The highest BCUT2D eigenvalue weighted by Crippen LogP contribution is 2.26. The minimum Gasteiger partial charge on any atom is -0.343 e. The molecule has 0 saturated carbocycles. The summed E-state index contributed by atoms with van der Waals surface area (Å²) < 4.78 is 26.1. The molecule has 0 radical (unpaired) electrons. The lowest BCUT2D eigenvalue weighted by Crippen LogP contribution is -2.32. The molecule has 3 rings (SSSR count). The Bertz CT molecular complexity index is 1100. The number of thiazole rings is 1. The Morgan fingerprint density at radius 3 is 2.40 bits per heavy atom. The molecule has 3 amide bonds. The van der Waals surface area contributed by atoms with Crippen LogP contribution in [0, 0.1) is 11.6 Å². The van der Waals surface area contributed by atoms with Crippen LogP contribution >= 0.6 is 11.3 Å². The number of halogens is 2. The summed E-state index contributed by atoms with van der Waals surface area (Å²) in [5, 5.41) is 9.64. The van der Waals surface area contributed by atoms with Crippen LogP contribution in [0.1, 0.15) is 17.3 Å². The number of benzene rings is 2. The molecule has 7 nitrogen and oxygen atoms in total. The summed E-state index contributed by atoms with van der Waals surface area (Å²) in [7, 11) is 0. The van der Waals surface area contributed by atoms with E-state index in [9.17, 15) is 23.2 Å². The van der Waals surface area contributed by atoms with Gasteiger partial charge in [0, 0.05) is 29.1 Å². The van der Waals surface area contributed by atoms with Gasteiger partial charge in [-0.1, -0.05) is 12.1 Å². The third-order valence-electron chi connectivity index (χ3n) is 3.84. The zero-order chi connectivity index (χ0) is 21.7. The molecule has 2 aromatic carbocycles. The minimum absolute atomic E-state index is 0.0963. The van der Waals surface area contributed by atoms with E-state index in [1.807, 2.05) is 0 Å². The first kappa shape index (κ1) is 21.1. The van der Waals surface area contributed by atoms with E-state index >= 15 is 0 Å². The van der Waals surface area contributed by atoms with Crippen LogP contribution in [-0.4, -0.2) is 29.3 Å². The van der Waals surface area contributed by atoms with Crippen LogP contribution in [0.4, 0.5) is 19.6 Å². The van der Waals surface area contributed by atoms with E-state index < -0.39 is 23.4 Å². The van der Waals surface area contributed by atoms with Gasteiger partial charge in [0.2, 0.25) is 11.8 Å². The molecule has 3 N–H and O–H groups in total. The van der Waals surface area contributed by atoms with Crippen molar-refractivity contribution in [3.63, 3.8) is 0 Å². The molecule has 0 aliphatic heterocycles. The molecule has 0 bridgehead atoms. The molecule has 154 valence electrons. The average molecular weight is 430 g/mol. The van der Waals surface area contributed by atoms with E-state index in [1.54, 1.807) is 29.6 Å². The first-order valence-electron chi connectivity index (χ1n) is 8.68. The van der Waals surface area contributed by atoms with Gasteiger partial charge in [0.1, 0.15) is 0 Å². The van der Waals surface area contributed by atoms with E-state index in [0.717, 1.165) is 23.8 Å². The van der Waals surface area contributed by atoms with E-state index in [1.165, 1.54) is 18.3 Å². The molecule has 30 heavy (non-hydrogen) atoms. The fourth-order valence-electron chi connectivity index (χ4n) is 2.45. The molecule has 0 unspecified atom stereocenters. The monoisotopic (exact) mass is 430 g/mol. The average Bonchev–Trinajstić information content (AvgIpc) is 3.16. The Morgan fingerprint density at radius 2 is 1.73 bits per heavy atom. The Kier molecular flexibility index (Phi) is 6.48. The minimum atomic E-state index is -1.15. The molecule has 0 spiro atoms. The van der Waals surface area contributed by atoms with Crippen LogP contribution in [0.2, 0.25) is 0 Å². The van der Waals surface area contributed by atoms with Crippen LogP contribution in [0.15, 0.2) is 47.8 Å². The number of nitrogens with zero attached hydrogens (tertiary/aromatic N) is 1. The Morgan fingerprint density at radius 1 is 1.00 bits per heavy atom. The summed E-state index contributed by atoms with van der Waals surface area (Å²) in [6.07, 6.45) is 0. The van der Waals surface area contributed by atoms with Crippen molar-refractivity contribution in [3.05, 3.63) is 65.0 Å². The first-order valence-corrected chi connectivity index (χ1v) is 9.56. The molecule has 10 heteroatoms. The fraction of sp³-hybridized carbons (Fsp3) is 0.100. The second kappa shape index (κ2) is 9.23. The number of carbonyl (C=O) groups excluding carboxylic acids is 3. The van der Waals surface area contributed by atoms with Crippen molar-refractivity contribution < 1.29 is 23.2 Å². The SMILES string of the molecule is CC(=O)Nc1ccc(-c2csc(NC(=O)CNC(=O)c3ccc(F)c(F)c3)n2)cc1. The van der Waals surface area contributed by atoms with Gasteiger partial charge in [0.25, 0.3) is 5.91 Å². The quantitative estimate of drug-likeness (QED) is 0.558. The molecule has 0 aliphatic rings. The van der Waals surface area contributed by atoms with Gasteiger partial charge in [-0.15, -0.1) is 11.3 Å². The van der Waals surface area contributed by atoms with Crippen molar-refractivity contribution in [2.24, 2.45) is 0 Å². The highest BCUT2D eigenvalue weighted by Gasteiger charge is 2.12. The van der Waals surface area contributed by atoms with Gasteiger partial charge < -0.3 is 16.0 Å². The standard InChI is InChI=1S/C20H16F2N4O3S/c1-11(27)24-14-5-2-12(3-6-14)17-10-30-20(25-17)26-18(28)9-23-19(29)13-4-7-15(21)16(22)8-13/h2-8,10H,9H2,1H3,(H,23,29)(H,24,27)(H,25,26,28). The number of rotatable bonds is 6. The van der Waals surface area contributed by atoms with Gasteiger partial charge in [0.05, 0.1) is 12.2 Å². The summed E-state index contributed by atoms with van der Waals surface area (Å²) in [6, 6.07) is 9.76. The first-order chi connectivity index (χ1) is 14.3. The van der Waals surface area contributed by atoms with Crippen LogP contribution in [-0.2, 0) is 9.59 Å². The highest BCUT2D eigenvalue weighted by atomic mass is 32.1. The lowest BCUT2D eigenvalue weighted by molar-refractivity contribution is -0.115. The van der Waals surface area contributed by atoms with Gasteiger partial charge in [-0.05, 0) is 30.3 Å². The molecular weight excluding hydrogens is 414 g/mol. The normalized spacial score (nSPS) is 10.4. The van der Waals surface area contributed by atoms with Crippen LogP contribution in [0.5, 0.6) is 0 Å². The predicted octanol–water partition coefficient (Wildman–Crippen LogP) is 3.42. The smallest absolute Gasteiger partial charge is 0.251 e. The summed E-state index contributed by atoms with van der Waals surface area (Å²) in [6.45, 7) is 1.06. The summed E-state index contributed by atoms with van der Waals surface area (Å²) in [4.78, 5) is 39.3. The molecule has 1 heterocycles. The summed E-state index contributed by atoms with van der Waals surface area (Å²) in [5.41, 5.74) is 2.00. The van der Waals surface area contributed by atoms with Crippen LogP contribution < -0.4 is 16.0 Å². The highest BCUT2D eigenvalue weighted by molar-refractivity contribution is 7.14. The summed E-state index contributed by atoms with van der Waals surface area (Å²) >= 11 is 1.20. The van der Waals surface area contributed by atoms with E-state index in [-0.39, 0.29) is 18.0 Å². The summed E-state index contributed by atoms with van der Waals surface area (Å²) in [5.74, 6) is -3.60. The third kappa shape index (κ3) is 5.45. The molecule has 3 aromatic rings. The number of amides is 3.